The van der Waals surface area contributed by atoms with Crippen molar-refractivity contribution in [2.75, 3.05) is 13.1 Å². The Morgan fingerprint density at radius 3 is 2.42 bits per heavy atom. The summed E-state index contributed by atoms with van der Waals surface area (Å²) in [5, 5.41) is 3.33. The maximum absolute atomic E-state index is 3.89. The lowest BCUT2D eigenvalue weighted by Crippen LogP contribution is -2.13. The van der Waals surface area contributed by atoms with Gasteiger partial charge in [0.05, 0.1) is 0 Å². The van der Waals surface area contributed by atoms with Gasteiger partial charge in [-0.05, 0) is 39.3 Å². The Balaban J connectivity index is 2.86. The second-order valence-electron chi connectivity index (χ2n) is 3.47. The van der Waals surface area contributed by atoms with Gasteiger partial charge in [0.1, 0.15) is 0 Å². The van der Waals surface area contributed by atoms with Crippen molar-refractivity contribution < 1.29 is 0 Å². The van der Waals surface area contributed by atoms with Gasteiger partial charge >= 0.3 is 0 Å². The Morgan fingerprint density at radius 2 is 1.83 bits per heavy atom. The van der Waals surface area contributed by atoms with E-state index in [1.807, 2.05) is 0 Å². The van der Waals surface area contributed by atoms with Gasteiger partial charge in [-0.15, -0.1) is 6.58 Å². The smallest absolute Gasteiger partial charge is 0.00490 e. The lowest BCUT2D eigenvalue weighted by atomic mass is 10.1. The molecule has 0 rings (SSSR count). The third-order valence-corrected chi connectivity index (χ3v) is 1.96. The molecule has 0 atom stereocenters. The van der Waals surface area contributed by atoms with Crippen molar-refractivity contribution >= 4 is 0 Å². The Bertz CT molecular complexity index is 108. The van der Waals surface area contributed by atoms with E-state index in [4.69, 9.17) is 0 Å². The molecule has 1 nitrogen and oxygen atoms in total. The molecule has 0 unspecified atom stereocenters. The molecule has 0 aliphatic carbocycles. The molecule has 0 fully saturated rings. The Hall–Kier alpha value is -0.300. The molecule has 0 spiro atoms. The maximum atomic E-state index is 3.89. The monoisotopic (exact) mass is 169 g/mol. The fraction of sp³-hybridized carbons (Fsp3) is 0.818. The molecular formula is C11H23N. The lowest BCUT2D eigenvalue weighted by molar-refractivity contribution is 0.597. The highest BCUT2D eigenvalue weighted by molar-refractivity contribution is 4.86. The van der Waals surface area contributed by atoms with E-state index in [9.17, 15) is 0 Å². The van der Waals surface area contributed by atoms with Crippen molar-refractivity contribution in [3.8, 4) is 0 Å². The summed E-state index contributed by atoms with van der Waals surface area (Å²) in [6.07, 6.45) is 6.57. The molecule has 0 aromatic rings. The normalized spacial score (nSPS) is 10.2. The van der Waals surface area contributed by atoms with E-state index >= 15 is 0 Å². The van der Waals surface area contributed by atoms with Crippen molar-refractivity contribution in [1.29, 1.82) is 0 Å². The topological polar surface area (TPSA) is 12.0 Å². The summed E-state index contributed by atoms with van der Waals surface area (Å²) in [5.41, 5.74) is 1.32. The van der Waals surface area contributed by atoms with E-state index in [1.165, 1.54) is 44.2 Å². The zero-order valence-corrected chi connectivity index (χ0v) is 8.66. The molecule has 0 amide bonds. The minimum Gasteiger partial charge on any atom is -0.317 e. The minimum absolute atomic E-state index is 1.10. The highest BCUT2D eigenvalue weighted by Crippen LogP contribution is 2.06. The van der Waals surface area contributed by atoms with Crippen LogP contribution < -0.4 is 5.32 Å². The van der Waals surface area contributed by atoms with Crippen molar-refractivity contribution in [2.24, 2.45) is 0 Å². The highest BCUT2D eigenvalue weighted by atomic mass is 14.8. The molecule has 1 N–H and O–H groups in total. The van der Waals surface area contributed by atoms with Crippen LogP contribution in [0, 0.1) is 0 Å². The largest absolute Gasteiger partial charge is 0.317 e. The van der Waals surface area contributed by atoms with Gasteiger partial charge in [-0.25, -0.2) is 0 Å². The summed E-state index contributed by atoms with van der Waals surface area (Å²) < 4.78 is 0. The zero-order chi connectivity index (χ0) is 9.23. The average molecular weight is 169 g/mol. The second-order valence-corrected chi connectivity index (χ2v) is 3.47. The van der Waals surface area contributed by atoms with Crippen molar-refractivity contribution in [1.82, 2.24) is 5.32 Å². The average Bonchev–Trinajstić information content (AvgIpc) is 2.02. The van der Waals surface area contributed by atoms with Gasteiger partial charge in [-0.3, -0.25) is 0 Å². The molecule has 0 aromatic carbocycles. The van der Waals surface area contributed by atoms with Gasteiger partial charge in [0.25, 0.3) is 0 Å². The van der Waals surface area contributed by atoms with Gasteiger partial charge in [0, 0.05) is 0 Å². The van der Waals surface area contributed by atoms with E-state index in [0.717, 1.165) is 6.54 Å². The Morgan fingerprint density at radius 1 is 1.17 bits per heavy atom. The van der Waals surface area contributed by atoms with Gasteiger partial charge in [0.2, 0.25) is 0 Å². The maximum Gasteiger partial charge on any atom is -0.00490 e. The fourth-order valence-corrected chi connectivity index (χ4v) is 1.21. The van der Waals surface area contributed by atoms with Gasteiger partial charge in [0.15, 0.2) is 0 Å². The van der Waals surface area contributed by atoms with Crippen LogP contribution in [0.2, 0.25) is 0 Å². The molecule has 0 aliphatic heterocycles. The predicted octanol–water partition coefficient (Wildman–Crippen LogP) is 3.12. The van der Waals surface area contributed by atoms with Gasteiger partial charge in [-0.2, -0.15) is 0 Å². The first kappa shape index (κ1) is 11.7. The van der Waals surface area contributed by atoms with Crippen LogP contribution in [0.25, 0.3) is 0 Å². The van der Waals surface area contributed by atoms with E-state index in [1.54, 1.807) is 0 Å². The van der Waals surface area contributed by atoms with E-state index in [-0.39, 0.29) is 0 Å². The minimum atomic E-state index is 1.10. The number of hydrogen-bond donors (Lipinski definition) is 1. The second kappa shape index (κ2) is 8.79. The molecular weight excluding hydrogens is 146 g/mol. The van der Waals surface area contributed by atoms with Crippen molar-refractivity contribution in [3.63, 3.8) is 0 Å². The number of hydrogen-bond acceptors (Lipinski definition) is 1. The summed E-state index contributed by atoms with van der Waals surface area (Å²) in [4.78, 5) is 0. The summed E-state index contributed by atoms with van der Waals surface area (Å²) in [7, 11) is 0. The summed E-state index contributed by atoms with van der Waals surface area (Å²) in [6, 6.07) is 0. The molecule has 0 radical (unpaired) electrons. The summed E-state index contributed by atoms with van der Waals surface area (Å²) >= 11 is 0. The SMILES string of the molecule is C=C(C)CCCCCCNCC. The Kier molecular flexibility index (Phi) is 8.57. The standard InChI is InChI=1S/C11H23N/c1-4-12-10-8-6-5-7-9-11(2)3/h12H,2,4-10H2,1,3H3. The van der Waals surface area contributed by atoms with E-state index in [2.05, 4.69) is 25.7 Å². The zero-order valence-electron chi connectivity index (χ0n) is 8.66. The van der Waals surface area contributed by atoms with Gasteiger partial charge < -0.3 is 5.32 Å². The van der Waals surface area contributed by atoms with Crippen LogP contribution in [0.4, 0.5) is 0 Å². The van der Waals surface area contributed by atoms with Gasteiger partial charge in [-0.1, -0.05) is 25.3 Å². The molecule has 0 saturated heterocycles. The van der Waals surface area contributed by atoms with Crippen LogP contribution >= 0.6 is 0 Å². The molecule has 0 aliphatic rings. The lowest BCUT2D eigenvalue weighted by Gasteiger charge is -2.01. The van der Waals surface area contributed by atoms with Crippen LogP contribution in [-0.4, -0.2) is 13.1 Å². The molecule has 12 heavy (non-hydrogen) atoms. The van der Waals surface area contributed by atoms with Crippen LogP contribution in [-0.2, 0) is 0 Å². The van der Waals surface area contributed by atoms with Crippen molar-refractivity contribution in [2.45, 2.75) is 46.0 Å². The van der Waals surface area contributed by atoms with E-state index < -0.39 is 0 Å². The quantitative estimate of drug-likeness (QED) is 0.435. The first-order chi connectivity index (χ1) is 5.77. The molecule has 0 bridgehead atoms. The number of nitrogens with one attached hydrogen (secondary N) is 1. The number of allylic oxidation sites excluding steroid dienone is 1. The van der Waals surface area contributed by atoms with Crippen LogP contribution in [0.1, 0.15) is 46.0 Å². The van der Waals surface area contributed by atoms with Crippen LogP contribution in [0.15, 0.2) is 12.2 Å². The van der Waals surface area contributed by atoms with Crippen LogP contribution in [0.3, 0.4) is 0 Å². The van der Waals surface area contributed by atoms with Crippen LogP contribution in [0.5, 0.6) is 0 Å². The third-order valence-electron chi connectivity index (χ3n) is 1.96. The molecule has 0 aromatic heterocycles. The molecule has 1 heteroatoms. The third kappa shape index (κ3) is 9.70. The molecule has 0 heterocycles. The van der Waals surface area contributed by atoms with E-state index in [0.29, 0.717) is 0 Å². The Labute approximate surface area is 77.2 Å². The summed E-state index contributed by atoms with van der Waals surface area (Å²) in [6.45, 7) is 10.4. The number of rotatable bonds is 8. The fourth-order valence-electron chi connectivity index (χ4n) is 1.21. The van der Waals surface area contributed by atoms with Crippen molar-refractivity contribution in [3.05, 3.63) is 12.2 Å². The first-order valence-corrected chi connectivity index (χ1v) is 5.12. The molecule has 0 saturated carbocycles. The highest BCUT2D eigenvalue weighted by Gasteiger charge is 1.90. The number of unbranched alkanes of at least 4 members (excludes halogenated alkanes) is 3. The predicted molar refractivity (Wildman–Crippen MR) is 56.4 cm³/mol. The summed E-state index contributed by atoms with van der Waals surface area (Å²) in [5.74, 6) is 0. The first-order valence-electron chi connectivity index (χ1n) is 5.12. The molecule has 72 valence electrons.